The van der Waals surface area contributed by atoms with Gasteiger partial charge in [-0.2, -0.15) is 0 Å². The highest BCUT2D eigenvalue weighted by Crippen LogP contribution is 2.23. The summed E-state index contributed by atoms with van der Waals surface area (Å²) in [7, 11) is 0. The van der Waals surface area contributed by atoms with Gasteiger partial charge in [0.05, 0.1) is 11.8 Å². The van der Waals surface area contributed by atoms with Crippen LogP contribution < -0.4 is 0 Å². The van der Waals surface area contributed by atoms with E-state index in [2.05, 4.69) is 0 Å². The summed E-state index contributed by atoms with van der Waals surface area (Å²) in [6, 6.07) is 0. The first-order chi connectivity index (χ1) is 6.61. The van der Waals surface area contributed by atoms with E-state index in [1.54, 1.807) is 6.08 Å². The lowest BCUT2D eigenvalue weighted by Crippen LogP contribution is -2.22. The predicted octanol–water partition coefficient (Wildman–Crippen LogP) is 1.52. The first kappa shape index (κ1) is 10.8. The van der Waals surface area contributed by atoms with E-state index in [1.165, 1.54) is 0 Å². The van der Waals surface area contributed by atoms with E-state index in [0.29, 0.717) is 6.42 Å². The van der Waals surface area contributed by atoms with Gasteiger partial charge in [-0.05, 0) is 25.7 Å². The molecule has 0 bridgehead atoms. The fraction of sp³-hybridized carbons (Fsp3) is 0.600. The zero-order chi connectivity index (χ0) is 10.6. The van der Waals surface area contributed by atoms with Crippen LogP contribution in [0.5, 0.6) is 0 Å². The van der Waals surface area contributed by atoms with Crippen molar-refractivity contribution in [3.05, 3.63) is 12.2 Å². The Morgan fingerprint density at radius 2 is 1.93 bits per heavy atom. The van der Waals surface area contributed by atoms with Crippen LogP contribution in [0.3, 0.4) is 0 Å². The smallest absolute Gasteiger partial charge is 0.310 e. The predicted molar refractivity (Wildman–Crippen MR) is 49.9 cm³/mol. The number of hydrogen-bond acceptors (Lipinski definition) is 2. The fourth-order valence-corrected chi connectivity index (χ4v) is 1.65. The molecule has 0 saturated heterocycles. The van der Waals surface area contributed by atoms with Gasteiger partial charge in [-0.1, -0.05) is 12.2 Å². The van der Waals surface area contributed by atoms with Crippen LogP contribution in [0.1, 0.15) is 25.7 Å². The SMILES string of the molecule is O=C(O)C1/C=C\CCCC(C(=O)O)C1. The number of allylic oxidation sites excluding steroid dienone is 1. The molecule has 0 aromatic rings. The van der Waals surface area contributed by atoms with Crippen LogP contribution in [0.25, 0.3) is 0 Å². The third kappa shape index (κ3) is 2.87. The average molecular weight is 198 g/mol. The van der Waals surface area contributed by atoms with Gasteiger partial charge in [0.2, 0.25) is 0 Å². The summed E-state index contributed by atoms with van der Waals surface area (Å²) in [6.07, 6.45) is 5.81. The molecule has 1 rings (SSSR count). The molecule has 0 aromatic carbocycles. The van der Waals surface area contributed by atoms with E-state index < -0.39 is 23.8 Å². The first-order valence-electron chi connectivity index (χ1n) is 4.73. The normalized spacial score (nSPS) is 30.0. The van der Waals surface area contributed by atoms with E-state index in [0.717, 1.165) is 12.8 Å². The quantitative estimate of drug-likeness (QED) is 0.659. The molecule has 1 aliphatic carbocycles. The topological polar surface area (TPSA) is 74.6 Å². The van der Waals surface area contributed by atoms with Crippen molar-refractivity contribution in [2.24, 2.45) is 11.8 Å². The standard InChI is InChI=1S/C10H14O4/c11-9(12)7-4-2-1-3-5-8(6-7)10(13)14/h2,4,7-8H,1,3,5-6H2,(H,11,12)(H,13,14)/b4-2-. The third-order valence-electron chi connectivity index (χ3n) is 2.50. The Bertz CT molecular complexity index is 257. The lowest BCUT2D eigenvalue weighted by Gasteiger charge is -2.17. The van der Waals surface area contributed by atoms with E-state index in [-0.39, 0.29) is 6.42 Å². The summed E-state index contributed by atoms with van der Waals surface area (Å²) < 4.78 is 0. The molecule has 2 N–H and O–H groups in total. The molecule has 1 aliphatic rings. The van der Waals surface area contributed by atoms with Crippen LogP contribution in [0, 0.1) is 11.8 Å². The Labute approximate surface area is 82.2 Å². The van der Waals surface area contributed by atoms with Gasteiger partial charge in [0, 0.05) is 0 Å². The van der Waals surface area contributed by atoms with Crippen molar-refractivity contribution in [2.45, 2.75) is 25.7 Å². The minimum atomic E-state index is -0.936. The Kier molecular flexibility index (Phi) is 3.68. The molecule has 2 unspecified atom stereocenters. The highest BCUT2D eigenvalue weighted by molar-refractivity contribution is 5.75. The minimum Gasteiger partial charge on any atom is -0.481 e. The highest BCUT2D eigenvalue weighted by Gasteiger charge is 2.25. The van der Waals surface area contributed by atoms with Gasteiger partial charge in [-0.3, -0.25) is 9.59 Å². The molecule has 0 aromatic heterocycles. The Morgan fingerprint density at radius 1 is 1.21 bits per heavy atom. The summed E-state index contributed by atoms with van der Waals surface area (Å²) in [5.41, 5.74) is 0. The lowest BCUT2D eigenvalue weighted by molar-refractivity contribution is -0.144. The maximum atomic E-state index is 10.8. The highest BCUT2D eigenvalue weighted by atomic mass is 16.4. The molecule has 0 fully saturated rings. The molecule has 14 heavy (non-hydrogen) atoms. The molecule has 0 aliphatic heterocycles. The summed E-state index contributed by atoms with van der Waals surface area (Å²) >= 11 is 0. The molecule has 0 amide bonds. The summed E-state index contributed by atoms with van der Waals surface area (Å²) in [4.78, 5) is 21.5. The van der Waals surface area contributed by atoms with Gasteiger partial charge in [0.25, 0.3) is 0 Å². The van der Waals surface area contributed by atoms with Crippen LogP contribution in [0.15, 0.2) is 12.2 Å². The van der Waals surface area contributed by atoms with Gasteiger partial charge in [0.15, 0.2) is 0 Å². The molecule has 0 heterocycles. The molecule has 2 atom stereocenters. The monoisotopic (exact) mass is 198 g/mol. The Balaban J connectivity index is 2.70. The van der Waals surface area contributed by atoms with Crippen molar-refractivity contribution in [1.82, 2.24) is 0 Å². The van der Waals surface area contributed by atoms with Gasteiger partial charge < -0.3 is 10.2 Å². The first-order valence-corrected chi connectivity index (χ1v) is 4.73. The molecule has 4 heteroatoms. The molecular weight excluding hydrogens is 184 g/mol. The van der Waals surface area contributed by atoms with E-state index >= 15 is 0 Å². The molecule has 4 nitrogen and oxygen atoms in total. The second-order valence-corrected chi connectivity index (χ2v) is 3.57. The van der Waals surface area contributed by atoms with Crippen molar-refractivity contribution >= 4 is 11.9 Å². The minimum absolute atomic E-state index is 0.209. The van der Waals surface area contributed by atoms with Gasteiger partial charge in [-0.25, -0.2) is 0 Å². The summed E-state index contributed by atoms with van der Waals surface area (Å²) in [6.45, 7) is 0. The Hall–Kier alpha value is -1.32. The van der Waals surface area contributed by atoms with Crippen LogP contribution in [-0.4, -0.2) is 22.2 Å². The van der Waals surface area contributed by atoms with Gasteiger partial charge in [0.1, 0.15) is 0 Å². The number of carboxylic acids is 2. The van der Waals surface area contributed by atoms with Gasteiger partial charge >= 0.3 is 11.9 Å². The number of carbonyl (C=O) groups is 2. The van der Waals surface area contributed by atoms with Crippen LogP contribution >= 0.6 is 0 Å². The van der Waals surface area contributed by atoms with Gasteiger partial charge in [-0.15, -0.1) is 0 Å². The average Bonchev–Trinajstić information content (AvgIpc) is 2.01. The maximum absolute atomic E-state index is 10.8. The Morgan fingerprint density at radius 3 is 2.50 bits per heavy atom. The second-order valence-electron chi connectivity index (χ2n) is 3.57. The van der Waals surface area contributed by atoms with E-state index in [1.807, 2.05) is 6.08 Å². The number of aliphatic carboxylic acids is 2. The van der Waals surface area contributed by atoms with E-state index in [9.17, 15) is 9.59 Å². The molecular formula is C10H14O4. The van der Waals surface area contributed by atoms with Crippen molar-refractivity contribution in [3.8, 4) is 0 Å². The lowest BCUT2D eigenvalue weighted by atomic mass is 9.88. The number of rotatable bonds is 2. The summed E-state index contributed by atoms with van der Waals surface area (Å²) in [5, 5.41) is 17.6. The molecule has 0 radical (unpaired) electrons. The largest absolute Gasteiger partial charge is 0.481 e. The van der Waals surface area contributed by atoms with Crippen molar-refractivity contribution < 1.29 is 19.8 Å². The van der Waals surface area contributed by atoms with Crippen molar-refractivity contribution in [1.29, 1.82) is 0 Å². The zero-order valence-corrected chi connectivity index (χ0v) is 7.85. The number of hydrogen-bond donors (Lipinski definition) is 2. The maximum Gasteiger partial charge on any atom is 0.310 e. The fourth-order valence-electron chi connectivity index (χ4n) is 1.65. The zero-order valence-electron chi connectivity index (χ0n) is 7.85. The van der Waals surface area contributed by atoms with Crippen molar-refractivity contribution in [3.63, 3.8) is 0 Å². The third-order valence-corrected chi connectivity index (χ3v) is 2.50. The van der Waals surface area contributed by atoms with Crippen LogP contribution in [-0.2, 0) is 9.59 Å². The van der Waals surface area contributed by atoms with Crippen LogP contribution in [0.2, 0.25) is 0 Å². The molecule has 0 spiro atoms. The van der Waals surface area contributed by atoms with Crippen LogP contribution in [0.4, 0.5) is 0 Å². The van der Waals surface area contributed by atoms with E-state index in [4.69, 9.17) is 10.2 Å². The van der Waals surface area contributed by atoms with Crippen molar-refractivity contribution in [2.75, 3.05) is 0 Å². The second kappa shape index (κ2) is 4.79. The summed E-state index contributed by atoms with van der Waals surface area (Å²) in [5.74, 6) is -2.97. The number of carboxylic acid groups (broad SMARTS) is 2. The molecule has 0 saturated carbocycles. The molecule has 78 valence electrons.